The Morgan fingerprint density at radius 3 is 2.17 bits per heavy atom. The molecule has 4 nitrogen and oxygen atoms in total. The van der Waals surface area contributed by atoms with Crippen LogP contribution in [0.3, 0.4) is 0 Å². The summed E-state index contributed by atoms with van der Waals surface area (Å²) in [6, 6.07) is 11.1. The quantitative estimate of drug-likeness (QED) is 0.458. The number of aryl methyl sites for hydroxylation is 1. The molecule has 4 N–H and O–H groups in total. The lowest BCUT2D eigenvalue weighted by atomic mass is 10.0. The molecule has 0 aromatic heterocycles. The normalized spacial score (nSPS) is 11.4. The Bertz CT molecular complexity index is 741. The van der Waals surface area contributed by atoms with E-state index in [1.54, 1.807) is 12.1 Å². The molecule has 0 amide bonds. The van der Waals surface area contributed by atoms with E-state index in [1.807, 2.05) is 24.3 Å². The summed E-state index contributed by atoms with van der Waals surface area (Å²) >= 11 is 0. The third-order valence-electron chi connectivity index (χ3n) is 4.27. The van der Waals surface area contributed by atoms with Gasteiger partial charge in [-0.15, -0.1) is 0 Å². The lowest BCUT2D eigenvalue weighted by molar-refractivity contribution is 0.482. The number of unbranched alkanes of at least 4 members (excludes halogenated alkanes) is 6. The van der Waals surface area contributed by atoms with Crippen LogP contribution in [0.15, 0.2) is 41.3 Å². The van der Waals surface area contributed by atoms with Gasteiger partial charge in [-0.05, 0) is 23.8 Å². The Balaban J connectivity index is 0.00000288. The zero-order valence-electron chi connectivity index (χ0n) is 14.5. The van der Waals surface area contributed by atoms with Gasteiger partial charge in [0.15, 0.2) is 0 Å². The SMILES string of the molecule is CCCCCCCCCc1ccc2ccccc2c1S(=O)(=O)O.N. The Labute approximate surface area is 145 Å². The molecule has 24 heavy (non-hydrogen) atoms. The van der Waals surface area contributed by atoms with Gasteiger partial charge in [0.2, 0.25) is 0 Å². The van der Waals surface area contributed by atoms with Crippen molar-refractivity contribution in [3.8, 4) is 0 Å². The van der Waals surface area contributed by atoms with Crippen molar-refractivity contribution < 1.29 is 13.0 Å². The summed E-state index contributed by atoms with van der Waals surface area (Å²) in [5.74, 6) is 0. The summed E-state index contributed by atoms with van der Waals surface area (Å²) < 4.78 is 33.3. The summed E-state index contributed by atoms with van der Waals surface area (Å²) in [5, 5.41) is 1.44. The van der Waals surface area contributed by atoms with Crippen molar-refractivity contribution in [1.82, 2.24) is 6.15 Å². The van der Waals surface area contributed by atoms with E-state index in [0.717, 1.165) is 23.8 Å². The van der Waals surface area contributed by atoms with Crippen molar-refractivity contribution in [1.29, 1.82) is 0 Å². The highest BCUT2D eigenvalue weighted by molar-refractivity contribution is 7.86. The van der Waals surface area contributed by atoms with Crippen LogP contribution in [0.1, 0.15) is 57.4 Å². The van der Waals surface area contributed by atoms with E-state index in [4.69, 9.17) is 0 Å². The standard InChI is InChI=1S/C19H26O3S.H3N/c1-2-3-4-5-6-7-8-12-17-15-14-16-11-9-10-13-18(16)19(17)23(20,21)22;/h9-11,13-15H,2-8,12H2,1H3,(H,20,21,22);1H3. The average molecular weight is 352 g/mol. The zero-order chi connectivity index (χ0) is 16.7. The molecule has 134 valence electrons. The molecule has 2 aromatic rings. The maximum atomic E-state index is 11.8. The Hall–Kier alpha value is -1.43. The molecular formula is C19H29NO3S. The van der Waals surface area contributed by atoms with Crippen LogP contribution in [0.5, 0.6) is 0 Å². The maximum absolute atomic E-state index is 11.8. The van der Waals surface area contributed by atoms with Crippen LogP contribution in [-0.2, 0) is 16.5 Å². The minimum absolute atomic E-state index is 0. The van der Waals surface area contributed by atoms with Crippen molar-refractivity contribution in [2.75, 3.05) is 0 Å². The lowest BCUT2D eigenvalue weighted by Gasteiger charge is -2.11. The second-order valence-electron chi connectivity index (χ2n) is 6.12. The van der Waals surface area contributed by atoms with Crippen molar-refractivity contribution in [3.63, 3.8) is 0 Å². The van der Waals surface area contributed by atoms with E-state index in [1.165, 1.54) is 32.1 Å². The maximum Gasteiger partial charge on any atom is 0.295 e. The van der Waals surface area contributed by atoms with Crippen LogP contribution in [0.4, 0.5) is 0 Å². The smallest absolute Gasteiger partial charge is 0.295 e. The number of hydrogen-bond acceptors (Lipinski definition) is 3. The van der Waals surface area contributed by atoms with Crippen LogP contribution >= 0.6 is 0 Å². The first-order valence-corrected chi connectivity index (χ1v) is 9.96. The fraction of sp³-hybridized carbons (Fsp3) is 0.474. The van der Waals surface area contributed by atoms with E-state index in [9.17, 15) is 13.0 Å². The van der Waals surface area contributed by atoms with E-state index in [0.29, 0.717) is 11.8 Å². The van der Waals surface area contributed by atoms with Crippen molar-refractivity contribution in [2.24, 2.45) is 0 Å². The first kappa shape index (κ1) is 20.6. The van der Waals surface area contributed by atoms with E-state index >= 15 is 0 Å². The number of rotatable bonds is 9. The third kappa shape index (κ3) is 5.58. The van der Waals surface area contributed by atoms with Gasteiger partial charge in [-0.25, -0.2) is 0 Å². The molecule has 0 aliphatic rings. The monoisotopic (exact) mass is 351 g/mol. The lowest BCUT2D eigenvalue weighted by Crippen LogP contribution is -2.04. The van der Waals surface area contributed by atoms with Crippen molar-refractivity contribution in [3.05, 3.63) is 42.0 Å². The molecule has 0 spiro atoms. The Morgan fingerprint density at radius 2 is 1.50 bits per heavy atom. The number of benzene rings is 2. The fourth-order valence-corrected chi connectivity index (χ4v) is 4.03. The van der Waals surface area contributed by atoms with Gasteiger partial charge < -0.3 is 6.15 Å². The summed E-state index contributed by atoms with van der Waals surface area (Å²) in [6.07, 6.45) is 8.99. The van der Waals surface area contributed by atoms with Gasteiger partial charge in [-0.2, -0.15) is 8.42 Å². The van der Waals surface area contributed by atoms with Gasteiger partial charge >= 0.3 is 0 Å². The molecule has 0 heterocycles. The van der Waals surface area contributed by atoms with Gasteiger partial charge in [-0.1, -0.05) is 81.8 Å². The van der Waals surface area contributed by atoms with Crippen LogP contribution in [0, 0.1) is 0 Å². The predicted molar refractivity (Wildman–Crippen MR) is 100 cm³/mol. The van der Waals surface area contributed by atoms with Gasteiger partial charge in [0.25, 0.3) is 10.1 Å². The highest BCUT2D eigenvalue weighted by Gasteiger charge is 2.18. The van der Waals surface area contributed by atoms with Crippen LogP contribution in [-0.4, -0.2) is 13.0 Å². The second-order valence-corrected chi connectivity index (χ2v) is 7.48. The number of hydrogen-bond donors (Lipinski definition) is 2. The van der Waals surface area contributed by atoms with Gasteiger partial charge in [0.05, 0.1) is 0 Å². The highest BCUT2D eigenvalue weighted by Crippen LogP contribution is 2.28. The predicted octanol–water partition coefficient (Wildman–Crippen LogP) is 5.54. The molecule has 0 fully saturated rings. The average Bonchev–Trinajstić information content (AvgIpc) is 2.52. The van der Waals surface area contributed by atoms with Crippen LogP contribution in [0.2, 0.25) is 0 Å². The molecule has 0 unspecified atom stereocenters. The first-order chi connectivity index (χ1) is 11.0. The van der Waals surface area contributed by atoms with Gasteiger partial charge in [0.1, 0.15) is 4.90 Å². The van der Waals surface area contributed by atoms with E-state index in [2.05, 4.69) is 6.92 Å². The minimum atomic E-state index is -4.21. The zero-order valence-corrected chi connectivity index (χ0v) is 15.3. The Kier molecular flexibility index (Phi) is 8.39. The molecule has 0 aliphatic heterocycles. The topological polar surface area (TPSA) is 89.4 Å². The van der Waals surface area contributed by atoms with Gasteiger partial charge in [-0.3, -0.25) is 4.55 Å². The van der Waals surface area contributed by atoms with Gasteiger partial charge in [0, 0.05) is 5.39 Å². The van der Waals surface area contributed by atoms with Crippen LogP contribution in [0.25, 0.3) is 10.8 Å². The third-order valence-corrected chi connectivity index (χ3v) is 5.27. The molecule has 0 bridgehead atoms. The van der Waals surface area contributed by atoms with Crippen molar-refractivity contribution in [2.45, 2.75) is 63.2 Å². The van der Waals surface area contributed by atoms with E-state index in [-0.39, 0.29) is 11.0 Å². The summed E-state index contributed by atoms with van der Waals surface area (Å²) in [6.45, 7) is 2.20. The van der Waals surface area contributed by atoms with Crippen LogP contribution < -0.4 is 6.15 Å². The molecule has 0 atom stereocenters. The minimum Gasteiger partial charge on any atom is -0.344 e. The molecule has 0 radical (unpaired) electrons. The van der Waals surface area contributed by atoms with E-state index < -0.39 is 10.1 Å². The first-order valence-electron chi connectivity index (χ1n) is 8.52. The Morgan fingerprint density at radius 1 is 0.875 bits per heavy atom. The summed E-state index contributed by atoms with van der Waals surface area (Å²) in [7, 11) is -4.21. The largest absolute Gasteiger partial charge is 0.344 e. The highest BCUT2D eigenvalue weighted by atomic mass is 32.2. The summed E-state index contributed by atoms with van der Waals surface area (Å²) in [4.78, 5) is 0.0848. The number of fused-ring (bicyclic) bond motifs is 1. The molecule has 5 heteroatoms. The molecule has 2 aromatic carbocycles. The fourth-order valence-electron chi connectivity index (χ4n) is 3.06. The second kappa shape index (κ2) is 9.77. The molecule has 0 aliphatic carbocycles. The van der Waals surface area contributed by atoms with Crippen molar-refractivity contribution >= 4 is 20.9 Å². The molecule has 2 rings (SSSR count). The molecule has 0 saturated carbocycles. The molecule has 0 saturated heterocycles. The summed E-state index contributed by atoms with van der Waals surface area (Å²) in [5.41, 5.74) is 0.722. The molecular weight excluding hydrogens is 322 g/mol.